The zero-order valence-corrected chi connectivity index (χ0v) is 8.70. The van der Waals surface area contributed by atoms with Gasteiger partial charge in [-0.25, -0.2) is 9.97 Å². The number of imidazole rings is 1. The number of benzene rings is 1. The molecule has 0 bridgehead atoms. The highest BCUT2D eigenvalue weighted by atomic mass is 14.9. The van der Waals surface area contributed by atoms with Crippen LogP contribution in [0.1, 0.15) is 11.1 Å². The minimum atomic E-state index is 0.966. The summed E-state index contributed by atoms with van der Waals surface area (Å²) in [6.07, 6.45) is 3.54. The summed E-state index contributed by atoms with van der Waals surface area (Å²) in [6, 6.07) is 4.12. The van der Waals surface area contributed by atoms with Crippen molar-refractivity contribution in [1.82, 2.24) is 15.0 Å². The van der Waals surface area contributed by atoms with E-state index in [9.17, 15) is 0 Å². The number of aryl methyl sites for hydroxylation is 2. The minimum absolute atomic E-state index is 0.966. The molecule has 2 heterocycles. The van der Waals surface area contributed by atoms with Crippen LogP contribution in [0.2, 0.25) is 0 Å². The van der Waals surface area contributed by atoms with Crippen LogP contribution < -0.4 is 0 Å². The molecule has 0 spiro atoms. The maximum absolute atomic E-state index is 4.31. The fourth-order valence-electron chi connectivity index (χ4n) is 2.05. The quantitative estimate of drug-likeness (QED) is 0.602. The highest BCUT2D eigenvalue weighted by Gasteiger charge is 2.10. The Kier molecular flexibility index (Phi) is 1.57. The van der Waals surface area contributed by atoms with Gasteiger partial charge in [-0.05, 0) is 31.0 Å². The highest BCUT2D eigenvalue weighted by Crippen LogP contribution is 2.27. The molecular weight excluding hydrogens is 186 g/mol. The van der Waals surface area contributed by atoms with Crippen molar-refractivity contribution in [1.29, 1.82) is 0 Å². The molecular formula is C12H11N3. The molecule has 0 saturated carbocycles. The number of pyridine rings is 1. The van der Waals surface area contributed by atoms with Gasteiger partial charge < -0.3 is 4.98 Å². The van der Waals surface area contributed by atoms with Gasteiger partial charge in [0.1, 0.15) is 11.8 Å². The summed E-state index contributed by atoms with van der Waals surface area (Å²) >= 11 is 0. The van der Waals surface area contributed by atoms with Crippen LogP contribution in [-0.4, -0.2) is 15.0 Å². The van der Waals surface area contributed by atoms with Crippen molar-refractivity contribution in [3.63, 3.8) is 0 Å². The van der Waals surface area contributed by atoms with E-state index in [-0.39, 0.29) is 0 Å². The average Bonchev–Trinajstić information content (AvgIpc) is 2.75. The normalized spacial score (nSPS) is 11.3. The van der Waals surface area contributed by atoms with Crippen molar-refractivity contribution in [2.45, 2.75) is 13.8 Å². The smallest absolute Gasteiger partial charge is 0.117 e. The molecule has 0 saturated heterocycles. The molecule has 74 valence electrons. The number of aromatic amines is 1. The van der Waals surface area contributed by atoms with Crippen LogP contribution in [0.25, 0.3) is 21.9 Å². The van der Waals surface area contributed by atoms with Crippen LogP contribution >= 0.6 is 0 Å². The molecule has 0 aliphatic heterocycles. The molecule has 0 radical (unpaired) electrons. The number of aromatic nitrogens is 3. The molecule has 0 fully saturated rings. The molecule has 3 aromatic rings. The summed E-state index contributed by atoms with van der Waals surface area (Å²) in [5.41, 5.74) is 5.54. The van der Waals surface area contributed by atoms with E-state index in [1.165, 1.54) is 16.5 Å². The zero-order chi connectivity index (χ0) is 10.4. The third kappa shape index (κ3) is 1.00. The van der Waals surface area contributed by atoms with Gasteiger partial charge in [-0.1, -0.05) is 6.07 Å². The first-order valence-electron chi connectivity index (χ1n) is 4.96. The summed E-state index contributed by atoms with van der Waals surface area (Å²) in [5, 5.41) is 1.23. The second kappa shape index (κ2) is 2.79. The first kappa shape index (κ1) is 8.41. The predicted molar refractivity (Wildman–Crippen MR) is 60.9 cm³/mol. The van der Waals surface area contributed by atoms with E-state index in [1.54, 1.807) is 6.33 Å². The molecule has 3 nitrogen and oxygen atoms in total. The maximum Gasteiger partial charge on any atom is 0.117 e. The van der Waals surface area contributed by atoms with E-state index in [1.807, 2.05) is 12.3 Å². The van der Waals surface area contributed by atoms with Crippen LogP contribution in [0.15, 0.2) is 24.7 Å². The Labute approximate surface area is 87.2 Å². The van der Waals surface area contributed by atoms with Crippen LogP contribution in [0.3, 0.4) is 0 Å². The van der Waals surface area contributed by atoms with Crippen molar-refractivity contribution >= 4 is 21.9 Å². The van der Waals surface area contributed by atoms with E-state index in [0.717, 1.165) is 16.6 Å². The van der Waals surface area contributed by atoms with Crippen molar-refractivity contribution in [3.8, 4) is 0 Å². The number of rotatable bonds is 0. The van der Waals surface area contributed by atoms with Crippen molar-refractivity contribution in [2.75, 3.05) is 0 Å². The molecule has 0 unspecified atom stereocenters. The molecule has 15 heavy (non-hydrogen) atoms. The van der Waals surface area contributed by atoms with Crippen molar-refractivity contribution in [2.24, 2.45) is 0 Å². The fourth-order valence-corrected chi connectivity index (χ4v) is 2.05. The van der Waals surface area contributed by atoms with E-state index >= 15 is 0 Å². The topological polar surface area (TPSA) is 41.6 Å². The van der Waals surface area contributed by atoms with Crippen LogP contribution in [-0.2, 0) is 0 Å². The van der Waals surface area contributed by atoms with E-state index in [2.05, 4.69) is 34.9 Å². The lowest BCUT2D eigenvalue weighted by Gasteiger charge is -2.06. The molecule has 0 atom stereocenters. The number of nitrogens with one attached hydrogen (secondary N) is 1. The van der Waals surface area contributed by atoms with E-state index in [0.29, 0.717) is 0 Å². The molecule has 0 amide bonds. The number of hydrogen-bond donors (Lipinski definition) is 1. The van der Waals surface area contributed by atoms with Crippen LogP contribution in [0, 0.1) is 13.8 Å². The van der Waals surface area contributed by atoms with Gasteiger partial charge in [0.2, 0.25) is 0 Å². The molecule has 1 aromatic carbocycles. The Morgan fingerprint density at radius 1 is 1.07 bits per heavy atom. The summed E-state index contributed by atoms with van der Waals surface area (Å²) in [5.74, 6) is 0. The largest absolute Gasteiger partial charge is 0.359 e. The van der Waals surface area contributed by atoms with Gasteiger partial charge in [0.15, 0.2) is 0 Å². The molecule has 0 aliphatic rings. The van der Waals surface area contributed by atoms with Crippen LogP contribution in [0.4, 0.5) is 0 Å². The van der Waals surface area contributed by atoms with Gasteiger partial charge in [-0.3, -0.25) is 0 Å². The van der Waals surface area contributed by atoms with Crippen molar-refractivity contribution < 1.29 is 0 Å². The fraction of sp³-hybridized carbons (Fsp3) is 0.167. The van der Waals surface area contributed by atoms with Gasteiger partial charge in [0, 0.05) is 11.6 Å². The second-order valence-corrected chi connectivity index (χ2v) is 3.78. The minimum Gasteiger partial charge on any atom is -0.359 e. The Balaban J connectivity index is 2.70. The Bertz CT molecular complexity index is 652. The van der Waals surface area contributed by atoms with Gasteiger partial charge in [0.05, 0.1) is 11.0 Å². The van der Waals surface area contributed by atoms with Crippen LogP contribution in [0.5, 0.6) is 0 Å². The molecule has 3 rings (SSSR count). The average molecular weight is 197 g/mol. The summed E-state index contributed by atoms with van der Waals surface area (Å²) in [7, 11) is 0. The standard InChI is InChI=1S/C12H11N3/c1-7-8(2)10-12(15-6-14-10)11-9(7)4-3-5-13-11/h3-6,13H,1-2H3. The first-order valence-corrected chi connectivity index (χ1v) is 4.96. The lowest BCUT2D eigenvalue weighted by molar-refractivity contribution is 1.33. The molecule has 0 aliphatic carbocycles. The predicted octanol–water partition coefficient (Wildman–Crippen LogP) is 2.73. The zero-order valence-electron chi connectivity index (χ0n) is 8.70. The number of nitrogens with zero attached hydrogens (tertiary/aromatic N) is 2. The summed E-state index contributed by atoms with van der Waals surface area (Å²) in [6.45, 7) is 4.22. The van der Waals surface area contributed by atoms with Gasteiger partial charge in [-0.2, -0.15) is 0 Å². The maximum atomic E-state index is 4.31. The van der Waals surface area contributed by atoms with E-state index < -0.39 is 0 Å². The Morgan fingerprint density at radius 2 is 1.87 bits per heavy atom. The second-order valence-electron chi connectivity index (χ2n) is 3.78. The number of hydrogen-bond acceptors (Lipinski definition) is 2. The van der Waals surface area contributed by atoms with Gasteiger partial charge in [-0.15, -0.1) is 0 Å². The highest BCUT2D eigenvalue weighted by molar-refractivity contribution is 6.04. The van der Waals surface area contributed by atoms with Gasteiger partial charge >= 0.3 is 0 Å². The first-order chi connectivity index (χ1) is 7.29. The summed E-state index contributed by atoms with van der Waals surface area (Å²) in [4.78, 5) is 11.8. The molecule has 3 heteroatoms. The Hall–Kier alpha value is -1.90. The van der Waals surface area contributed by atoms with Crippen molar-refractivity contribution in [3.05, 3.63) is 35.8 Å². The Morgan fingerprint density at radius 3 is 2.73 bits per heavy atom. The lowest BCUT2D eigenvalue weighted by Crippen LogP contribution is -1.89. The third-order valence-corrected chi connectivity index (χ3v) is 3.01. The molecule has 1 N–H and O–H groups in total. The van der Waals surface area contributed by atoms with Gasteiger partial charge in [0.25, 0.3) is 0 Å². The monoisotopic (exact) mass is 197 g/mol. The summed E-state index contributed by atoms with van der Waals surface area (Å²) < 4.78 is 0. The number of fused-ring (bicyclic) bond motifs is 3. The lowest BCUT2D eigenvalue weighted by atomic mass is 10.0. The van der Waals surface area contributed by atoms with E-state index in [4.69, 9.17) is 0 Å². The molecule has 2 aromatic heterocycles. The SMILES string of the molecule is Cc1c(C)c2ncnc2c2[nH]cccc12. The third-order valence-electron chi connectivity index (χ3n) is 3.01. The number of H-pyrrole nitrogens is 1.